The molecule has 0 heterocycles. The molecule has 0 saturated heterocycles. The lowest BCUT2D eigenvalue weighted by Crippen LogP contribution is -2.14. The summed E-state index contributed by atoms with van der Waals surface area (Å²) in [6.45, 7) is 4.38. The minimum atomic E-state index is -0.429. The van der Waals surface area contributed by atoms with Crippen LogP contribution in [0.3, 0.4) is 0 Å². The molecule has 0 aliphatic carbocycles. The molecule has 1 amide bonds. The van der Waals surface area contributed by atoms with Gasteiger partial charge in [0.25, 0.3) is 5.91 Å². The van der Waals surface area contributed by atoms with Gasteiger partial charge in [0.05, 0.1) is 3.57 Å². The summed E-state index contributed by atoms with van der Waals surface area (Å²) in [5.74, 6) is 0.320. The van der Waals surface area contributed by atoms with Gasteiger partial charge < -0.3 is 10.1 Å². The summed E-state index contributed by atoms with van der Waals surface area (Å²) in [5.41, 5.74) is 4.63. The third-order valence-corrected chi connectivity index (χ3v) is 6.16. The van der Waals surface area contributed by atoms with E-state index in [2.05, 4.69) is 43.8 Å². The maximum absolute atomic E-state index is 12.6. The first-order valence-electron chi connectivity index (χ1n) is 9.53. The molecule has 0 fully saturated rings. The summed E-state index contributed by atoms with van der Waals surface area (Å²) in [6, 6.07) is 21.2. The molecule has 1 N–H and O–H groups in total. The van der Waals surface area contributed by atoms with Crippen molar-refractivity contribution in [2.75, 3.05) is 5.32 Å². The van der Waals surface area contributed by atoms with Gasteiger partial charge in [-0.1, -0.05) is 46.3 Å². The fraction of sp³-hybridized carbons (Fsp3) is 0.120. The minimum Gasteiger partial charge on any atom is -0.488 e. The number of halogens is 2. The topological polar surface area (TPSA) is 62.1 Å². The molecule has 31 heavy (non-hydrogen) atoms. The normalized spacial score (nSPS) is 11.0. The molecule has 0 aliphatic rings. The van der Waals surface area contributed by atoms with Gasteiger partial charge in [0.1, 0.15) is 24.0 Å². The van der Waals surface area contributed by atoms with Crippen LogP contribution in [-0.2, 0) is 11.4 Å². The van der Waals surface area contributed by atoms with E-state index in [-0.39, 0.29) is 5.57 Å². The molecule has 0 saturated carbocycles. The van der Waals surface area contributed by atoms with E-state index >= 15 is 0 Å². The molecule has 0 aromatic heterocycles. The number of hydrogen-bond donors (Lipinski definition) is 1. The van der Waals surface area contributed by atoms with Crippen molar-refractivity contribution in [1.29, 1.82) is 5.26 Å². The molecule has 3 aromatic carbocycles. The standard InChI is InChI=1S/C25H20BrIN2O2/c1-16-4-3-5-23(17(16)2)29-25(30)20(14-28)12-19-8-11-24(22(27)13-19)31-15-18-6-9-21(26)10-7-18/h3-13H,15H2,1-2H3,(H,29,30)/b20-12+. The van der Waals surface area contributed by atoms with Crippen LogP contribution < -0.4 is 10.1 Å². The number of amides is 1. The van der Waals surface area contributed by atoms with E-state index in [1.165, 1.54) is 0 Å². The molecule has 0 atom stereocenters. The average Bonchev–Trinajstić information content (AvgIpc) is 2.75. The Labute approximate surface area is 204 Å². The highest BCUT2D eigenvalue weighted by molar-refractivity contribution is 14.1. The number of nitrogens with zero attached hydrogens (tertiary/aromatic N) is 1. The Hall–Kier alpha value is -2.63. The predicted molar refractivity (Wildman–Crippen MR) is 136 cm³/mol. The lowest BCUT2D eigenvalue weighted by molar-refractivity contribution is -0.112. The summed E-state index contributed by atoms with van der Waals surface area (Å²) in [6.07, 6.45) is 1.58. The third kappa shape index (κ3) is 6.18. The zero-order valence-electron chi connectivity index (χ0n) is 17.1. The maximum Gasteiger partial charge on any atom is 0.266 e. The summed E-state index contributed by atoms with van der Waals surface area (Å²) in [4.78, 5) is 12.6. The number of nitrogens with one attached hydrogen (secondary N) is 1. The predicted octanol–water partition coefficient (Wildman–Crippen LogP) is 6.80. The van der Waals surface area contributed by atoms with Crippen molar-refractivity contribution in [3.8, 4) is 11.8 Å². The van der Waals surface area contributed by atoms with E-state index in [1.807, 2.05) is 80.6 Å². The van der Waals surface area contributed by atoms with Crippen LogP contribution in [0.4, 0.5) is 5.69 Å². The Morgan fingerprint density at radius 3 is 2.58 bits per heavy atom. The number of nitriles is 1. The van der Waals surface area contributed by atoms with Crippen LogP contribution in [0.25, 0.3) is 6.08 Å². The minimum absolute atomic E-state index is 0.0419. The van der Waals surface area contributed by atoms with Gasteiger partial charge in [0.2, 0.25) is 0 Å². The number of anilines is 1. The Bertz CT molecular complexity index is 1180. The van der Waals surface area contributed by atoms with E-state index in [4.69, 9.17) is 4.74 Å². The van der Waals surface area contributed by atoms with Gasteiger partial charge in [-0.2, -0.15) is 5.26 Å². The maximum atomic E-state index is 12.6. The molecular formula is C25H20BrIN2O2. The van der Waals surface area contributed by atoms with Crippen molar-refractivity contribution in [1.82, 2.24) is 0 Å². The molecule has 0 unspecified atom stereocenters. The van der Waals surface area contributed by atoms with Crippen LogP contribution in [0.5, 0.6) is 5.75 Å². The number of aryl methyl sites for hydroxylation is 1. The number of benzene rings is 3. The SMILES string of the molecule is Cc1cccc(NC(=O)/C(C#N)=C/c2ccc(OCc3ccc(Br)cc3)c(I)c2)c1C. The summed E-state index contributed by atoms with van der Waals surface area (Å²) < 4.78 is 7.84. The summed E-state index contributed by atoms with van der Waals surface area (Å²) in [7, 11) is 0. The van der Waals surface area contributed by atoms with Crippen LogP contribution in [-0.4, -0.2) is 5.91 Å². The largest absolute Gasteiger partial charge is 0.488 e. The Morgan fingerprint density at radius 1 is 1.16 bits per heavy atom. The second-order valence-electron chi connectivity index (χ2n) is 6.98. The van der Waals surface area contributed by atoms with Crippen molar-refractivity contribution in [2.24, 2.45) is 0 Å². The Balaban J connectivity index is 1.72. The van der Waals surface area contributed by atoms with Crippen LogP contribution in [0.1, 0.15) is 22.3 Å². The highest BCUT2D eigenvalue weighted by atomic mass is 127. The van der Waals surface area contributed by atoms with Gasteiger partial charge in [-0.3, -0.25) is 4.79 Å². The summed E-state index contributed by atoms with van der Waals surface area (Å²) in [5, 5.41) is 12.3. The Morgan fingerprint density at radius 2 is 1.90 bits per heavy atom. The van der Waals surface area contributed by atoms with Crippen LogP contribution in [0.15, 0.2) is 70.7 Å². The molecule has 156 valence electrons. The van der Waals surface area contributed by atoms with E-state index < -0.39 is 5.91 Å². The van der Waals surface area contributed by atoms with E-state index in [0.717, 1.165) is 36.0 Å². The molecule has 0 radical (unpaired) electrons. The number of carbonyl (C=O) groups excluding carboxylic acids is 1. The molecule has 6 heteroatoms. The monoisotopic (exact) mass is 586 g/mol. The van der Waals surface area contributed by atoms with Crippen molar-refractivity contribution in [3.63, 3.8) is 0 Å². The van der Waals surface area contributed by atoms with Gasteiger partial charge in [-0.25, -0.2) is 0 Å². The molecular weight excluding hydrogens is 567 g/mol. The van der Waals surface area contributed by atoms with Gasteiger partial charge in [0, 0.05) is 10.2 Å². The number of carbonyl (C=O) groups is 1. The van der Waals surface area contributed by atoms with Crippen molar-refractivity contribution in [3.05, 3.63) is 96.5 Å². The molecule has 0 spiro atoms. The smallest absolute Gasteiger partial charge is 0.266 e. The molecule has 0 bridgehead atoms. The van der Waals surface area contributed by atoms with Gasteiger partial charge in [-0.05, 0) is 95.1 Å². The Kier molecular flexibility index (Phi) is 7.88. The average molecular weight is 587 g/mol. The summed E-state index contributed by atoms with van der Waals surface area (Å²) >= 11 is 5.61. The van der Waals surface area contributed by atoms with Gasteiger partial charge in [-0.15, -0.1) is 0 Å². The molecule has 3 aromatic rings. The first kappa shape index (κ1) is 23.0. The quantitative estimate of drug-likeness (QED) is 0.196. The first-order chi connectivity index (χ1) is 14.9. The van der Waals surface area contributed by atoms with Crippen molar-refractivity contribution >= 4 is 56.2 Å². The van der Waals surface area contributed by atoms with Crippen LogP contribution >= 0.6 is 38.5 Å². The fourth-order valence-corrected chi connectivity index (χ4v) is 3.82. The van der Waals surface area contributed by atoms with Gasteiger partial charge in [0.15, 0.2) is 0 Å². The lowest BCUT2D eigenvalue weighted by Gasteiger charge is -2.10. The van der Waals surface area contributed by atoms with Gasteiger partial charge >= 0.3 is 0 Å². The molecule has 4 nitrogen and oxygen atoms in total. The number of ether oxygens (including phenoxy) is 1. The molecule has 3 rings (SSSR count). The van der Waals surface area contributed by atoms with Crippen molar-refractivity contribution < 1.29 is 9.53 Å². The number of hydrogen-bond acceptors (Lipinski definition) is 3. The van der Waals surface area contributed by atoms with Crippen LogP contribution in [0.2, 0.25) is 0 Å². The van der Waals surface area contributed by atoms with E-state index in [1.54, 1.807) is 6.08 Å². The second-order valence-corrected chi connectivity index (χ2v) is 9.05. The highest BCUT2D eigenvalue weighted by Crippen LogP contribution is 2.25. The third-order valence-electron chi connectivity index (χ3n) is 4.79. The zero-order valence-corrected chi connectivity index (χ0v) is 20.8. The lowest BCUT2D eigenvalue weighted by atomic mass is 10.1. The molecule has 0 aliphatic heterocycles. The zero-order chi connectivity index (χ0) is 22.4. The highest BCUT2D eigenvalue weighted by Gasteiger charge is 2.12. The second kappa shape index (κ2) is 10.6. The van der Waals surface area contributed by atoms with E-state index in [0.29, 0.717) is 12.3 Å². The van der Waals surface area contributed by atoms with Crippen LogP contribution in [0, 0.1) is 28.7 Å². The first-order valence-corrected chi connectivity index (χ1v) is 11.4. The van der Waals surface area contributed by atoms with E-state index in [9.17, 15) is 10.1 Å². The van der Waals surface area contributed by atoms with Crippen molar-refractivity contribution in [2.45, 2.75) is 20.5 Å². The fourth-order valence-electron chi connectivity index (χ4n) is 2.86. The number of rotatable bonds is 6.